The number of aryl methyl sites for hydroxylation is 1. The van der Waals surface area contributed by atoms with E-state index in [2.05, 4.69) is 5.32 Å². The first-order chi connectivity index (χ1) is 10.1. The van der Waals surface area contributed by atoms with Gasteiger partial charge in [0.25, 0.3) is 0 Å². The van der Waals surface area contributed by atoms with Gasteiger partial charge in [-0.3, -0.25) is 4.79 Å². The molecule has 5 heteroatoms. The molecule has 0 aromatic heterocycles. The van der Waals surface area contributed by atoms with Crippen molar-refractivity contribution < 1.29 is 13.9 Å². The Bertz CT molecular complexity index is 606. The molecule has 1 amide bonds. The number of hydrogen-bond donors (Lipinski definition) is 2. The van der Waals surface area contributed by atoms with Crippen LogP contribution in [0.3, 0.4) is 0 Å². The van der Waals surface area contributed by atoms with E-state index in [1.807, 2.05) is 24.3 Å². The van der Waals surface area contributed by atoms with Crippen LogP contribution in [0.15, 0.2) is 42.5 Å². The lowest BCUT2D eigenvalue weighted by Crippen LogP contribution is -2.12. The Labute approximate surface area is 122 Å². The van der Waals surface area contributed by atoms with E-state index in [1.54, 1.807) is 7.11 Å². The molecule has 110 valence electrons. The maximum absolute atomic E-state index is 13.2. The highest BCUT2D eigenvalue weighted by Gasteiger charge is 2.05. The van der Waals surface area contributed by atoms with Crippen molar-refractivity contribution in [2.45, 2.75) is 12.8 Å². The van der Waals surface area contributed by atoms with Gasteiger partial charge in [-0.2, -0.15) is 0 Å². The van der Waals surface area contributed by atoms with Crippen LogP contribution in [0.2, 0.25) is 0 Å². The second-order valence-corrected chi connectivity index (χ2v) is 4.67. The molecule has 0 radical (unpaired) electrons. The predicted molar refractivity (Wildman–Crippen MR) is 80.8 cm³/mol. The number of nitrogens with one attached hydrogen (secondary N) is 1. The fraction of sp³-hybridized carbons (Fsp3) is 0.188. The van der Waals surface area contributed by atoms with Crippen LogP contribution in [0, 0.1) is 5.82 Å². The molecule has 0 saturated heterocycles. The molecule has 0 fully saturated rings. The molecular formula is C16H17FN2O2. The van der Waals surface area contributed by atoms with E-state index < -0.39 is 5.82 Å². The summed E-state index contributed by atoms with van der Waals surface area (Å²) in [5, 5.41) is 2.63. The monoisotopic (exact) mass is 288 g/mol. The number of nitrogen functional groups attached to an aromatic ring is 1. The number of methoxy groups -OCH3 is 1. The van der Waals surface area contributed by atoms with Gasteiger partial charge in [0.2, 0.25) is 5.91 Å². The van der Waals surface area contributed by atoms with Crippen molar-refractivity contribution in [3.8, 4) is 5.75 Å². The number of amides is 1. The topological polar surface area (TPSA) is 64.3 Å². The predicted octanol–water partition coefficient (Wildman–Crippen LogP) is 2.99. The Morgan fingerprint density at radius 2 is 1.95 bits per heavy atom. The standard InChI is InChI=1S/C16H17FN2O2/c1-21-15-5-2-11(3-6-15)4-7-16(20)19-14-9-12(17)8-13(18)10-14/h2-3,5-6,8-10H,4,7,18H2,1H3,(H,19,20). The molecule has 0 aliphatic rings. The minimum absolute atomic E-state index is 0.184. The minimum Gasteiger partial charge on any atom is -0.497 e. The minimum atomic E-state index is -0.472. The van der Waals surface area contributed by atoms with E-state index in [-0.39, 0.29) is 11.6 Å². The smallest absolute Gasteiger partial charge is 0.224 e. The quantitative estimate of drug-likeness (QED) is 0.831. The molecule has 0 heterocycles. The SMILES string of the molecule is COc1ccc(CCC(=O)Nc2cc(N)cc(F)c2)cc1. The van der Waals surface area contributed by atoms with Crippen LogP contribution < -0.4 is 15.8 Å². The third kappa shape index (κ3) is 4.49. The molecule has 0 saturated carbocycles. The molecule has 0 spiro atoms. The summed E-state index contributed by atoms with van der Waals surface area (Å²) >= 11 is 0. The van der Waals surface area contributed by atoms with Crippen molar-refractivity contribution in [1.29, 1.82) is 0 Å². The Hall–Kier alpha value is -2.56. The molecule has 2 aromatic rings. The van der Waals surface area contributed by atoms with Crippen molar-refractivity contribution in [2.24, 2.45) is 0 Å². The zero-order chi connectivity index (χ0) is 15.2. The summed E-state index contributed by atoms with van der Waals surface area (Å²) in [6.45, 7) is 0. The molecule has 2 rings (SSSR count). The number of carbonyl (C=O) groups excluding carboxylic acids is 1. The van der Waals surface area contributed by atoms with Crippen molar-refractivity contribution in [2.75, 3.05) is 18.2 Å². The largest absolute Gasteiger partial charge is 0.497 e. The van der Waals surface area contributed by atoms with Crippen molar-refractivity contribution in [3.05, 3.63) is 53.8 Å². The Balaban J connectivity index is 1.89. The Kier molecular flexibility index (Phi) is 4.77. The van der Waals surface area contributed by atoms with E-state index in [4.69, 9.17) is 10.5 Å². The second kappa shape index (κ2) is 6.74. The summed E-state index contributed by atoms with van der Waals surface area (Å²) in [5.74, 6) is 0.120. The lowest BCUT2D eigenvalue weighted by molar-refractivity contribution is -0.116. The van der Waals surface area contributed by atoms with Gasteiger partial charge >= 0.3 is 0 Å². The highest BCUT2D eigenvalue weighted by Crippen LogP contribution is 2.16. The van der Waals surface area contributed by atoms with Gasteiger partial charge in [0, 0.05) is 17.8 Å². The maximum Gasteiger partial charge on any atom is 0.224 e. The normalized spacial score (nSPS) is 10.2. The number of nitrogens with two attached hydrogens (primary N) is 1. The van der Waals surface area contributed by atoms with E-state index in [0.29, 0.717) is 18.5 Å². The van der Waals surface area contributed by atoms with Crippen LogP contribution >= 0.6 is 0 Å². The number of hydrogen-bond acceptors (Lipinski definition) is 3. The molecule has 3 N–H and O–H groups in total. The van der Waals surface area contributed by atoms with Crippen LogP contribution in [0.5, 0.6) is 5.75 Å². The summed E-state index contributed by atoms with van der Waals surface area (Å²) in [5.41, 5.74) is 7.20. The summed E-state index contributed by atoms with van der Waals surface area (Å²) in [7, 11) is 1.60. The fourth-order valence-electron chi connectivity index (χ4n) is 1.96. The van der Waals surface area contributed by atoms with E-state index in [9.17, 15) is 9.18 Å². The first kappa shape index (κ1) is 14.8. The number of benzene rings is 2. The maximum atomic E-state index is 13.2. The van der Waals surface area contributed by atoms with E-state index >= 15 is 0 Å². The molecule has 0 unspecified atom stereocenters. The van der Waals surface area contributed by atoms with Gasteiger partial charge in [0.1, 0.15) is 11.6 Å². The molecular weight excluding hydrogens is 271 g/mol. The van der Waals surface area contributed by atoms with Crippen LogP contribution in [-0.4, -0.2) is 13.0 Å². The molecule has 4 nitrogen and oxygen atoms in total. The van der Waals surface area contributed by atoms with Gasteiger partial charge < -0.3 is 15.8 Å². The molecule has 2 aromatic carbocycles. The Morgan fingerprint density at radius 3 is 2.57 bits per heavy atom. The second-order valence-electron chi connectivity index (χ2n) is 4.67. The number of carbonyl (C=O) groups is 1. The number of anilines is 2. The third-order valence-electron chi connectivity index (χ3n) is 3.00. The number of halogens is 1. The summed E-state index contributed by atoms with van der Waals surface area (Å²) in [4.78, 5) is 11.8. The third-order valence-corrected chi connectivity index (χ3v) is 3.00. The van der Waals surface area contributed by atoms with Gasteiger partial charge in [-0.25, -0.2) is 4.39 Å². The first-order valence-electron chi connectivity index (χ1n) is 6.55. The van der Waals surface area contributed by atoms with Gasteiger partial charge in [0.15, 0.2) is 0 Å². The molecule has 0 atom stereocenters. The number of rotatable bonds is 5. The van der Waals surface area contributed by atoms with Crippen molar-refractivity contribution in [1.82, 2.24) is 0 Å². The summed E-state index contributed by atoms with van der Waals surface area (Å²) < 4.78 is 18.2. The highest BCUT2D eigenvalue weighted by atomic mass is 19.1. The van der Waals surface area contributed by atoms with Gasteiger partial charge in [-0.05, 0) is 42.3 Å². The van der Waals surface area contributed by atoms with E-state index in [0.717, 1.165) is 11.3 Å². The van der Waals surface area contributed by atoms with Crippen molar-refractivity contribution >= 4 is 17.3 Å². The summed E-state index contributed by atoms with van der Waals surface area (Å²) in [6, 6.07) is 11.5. The van der Waals surface area contributed by atoms with E-state index in [1.165, 1.54) is 18.2 Å². The molecule has 21 heavy (non-hydrogen) atoms. The molecule has 0 bridgehead atoms. The van der Waals surface area contributed by atoms with Crippen molar-refractivity contribution in [3.63, 3.8) is 0 Å². The fourth-order valence-corrected chi connectivity index (χ4v) is 1.96. The van der Waals surface area contributed by atoms with Gasteiger partial charge in [0.05, 0.1) is 7.11 Å². The van der Waals surface area contributed by atoms with Crippen LogP contribution in [0.25, 0.3) is 0 Å². The average molecular weight is 288 g/mol. The summed E-state index contributed by atoms with van der Waals surface area (Å²) in [6.07, 6.45) is 0.906. The lowest BCUT2D eigenvalue weighted by atomic mass is 10.1. The molecule has 0 aliphatic carbocycles. The zero-order valence-corrected chi connectivity index (χ0v) is 11.7. The van der Waals surface area contributed by atoms with Crippen LogP contribution in [0.4, 0.5) is 15.8 Å². The molecule has 0 aliphatic heterocycles. The van der Waals surface area contributed by atoms with Crippen LogP contribution in [-0.2, 0) is 11.2 Å². The van der Waals surface area contributed by atoms with Gasteiger partial charge in [-0.1, -0.05) is 12.1 Å². The Morgan fingerprint density at radius 1 is 1.24 bits per heavy atom. The van der Waals surface area contributed by atoms with Gasteiger partial charge in [-0.15, -0.1) is 0 Å². The first-order valence-corrected chi connectivity index (χ1v) is 6.55. The number of ether oxygens (including phenoxy) is 1. The average Bonchev–Trinajstić information content (AvgIpc) is 2.44. The highest BCUT2D eigenvalue weighted by molar-refractivity contribution is 5.91. The van der Waals surface area contributed by atoms with Crippen LogP contribution in [0.1, 0.15) is 12.0 Å². The lowest BCUT2D eigenvalue weighted by Gasteiger charge is -2.07. The zero-order valence-electron chi connectivity index (χ0n) is 11.7.